The Morgan fingerprint density at radius 2 is 1.50 bits per heavy atom. The summed E-state index contributed by atoms with van der Waals surface area (Å²) in [5, 5.41) is 2.99. The molecular formula is C27H33N3O4. The molecule has 180 valence electrons. The minimum absolute atomic E-state index is 0.0176. The fourth-order valence-electron chi connectivity index (χ4n) is 4.11. The van der Waals surface area contributed by atoms with Crippen molar-refractivity contribution in [2.24, 2.45) is 0 Å². The first kappa shape index (κ1) is 25.1. The van der Waals surface area contributed by atoms with E-state index in [1.165, 1.54) is 4.90 Å². The summed E-state index contributed by atoms with van der Waals surface area (Å²) in [6.45, 7) is 6.31. The van der Waals surface area contributed by atoms with Crippen LogP contribution in [0.3, 0.4) is 0 Å². The molecule has 1 aliphatic rings. The molecule has 4 amide bonds. The monoisotopic (exact) mass is 463 g/mol. The van der Waals surface area contributed by atoms with Gasteiger partial charge in [-0.05, 0) is 43.9 Å². The number of carbonyl (C=O) groups excluding carboxylic acids is 4. The molecule has 7 nitrogen and oxygen atoms in total. The molecule has 0 spiro atoms. The van der Waals surface area contributed by atoms with Gasteiger partial charge in [-0.3, -0.25) is 24.1 Å². The molecule has 1 aliphatic heterocycles. The highest BCUT2D eigenvalue weighted by Gasteiger charge is 2.35. The number of carbonyl (C=O) groups is 4. The van der Waals surface area contributed by atoms with Crippen molar-refractivity contribution in [3.8, 4) is 0 Å². The maximum absolute atomic E-state index is 13.3. The highest BCUT2D eigenvalue weighted by molar-refractivity contribution is 6.21. The Morgan fingerprint density at radius 1 is 0.912 bits per heavy atom. The van der Waals surface area contributed by atoms with E-state index in [1.54, 1.807) is 29.2 Å². The molecule has 2 aromatic carbocycles. The summed E-state index contributed by atoms with van der Waals surface area (Å²) in [5.41, 5.74) is 1.74. The average molecular weight is 464 g/mol. The van der Waals surface area contributed by atoms with Crippen LogP contribution in [0.2, 0.25) is 0 Å². The highest BCUT2D eigenvalue weighted by Crippen LogP contribution is 2.23. The number of fused-ring (bicyclic) bond motifs is 1. The van der Waals surface area contributed by atoms with Gasteiger partial charge < -0.3 is 10.2 Å². The Hall–Kier alpha value is -3.48. The third kappa shape index (κ3) is 5.71. The summed E-state index contributed by atoms with van der Waals surface area (Å²) in [4.78, 5) is 54.3. The minimum Gasteiger partial charge on any atom is -0.352 e. The standard InChI is InChI=1S/C27H33N3O4/c1-4-19(3)28-25(32)23(5-2)30(18-20-12-7-6-8-13-20)24(31)16-11-17-29-26(33)21-14-9-10-15-22(21)27(29)34/h6-10,12-15,19,23H,4-5,11,16-18H2,1-3H3,(H,28,32)/t19-,23-/m1/s1. The number of nitrogens with zero attached hydrogens (tertiary/aromatic N) is 2. The molecule has 1 heterocycles. The predicted octanol–water partition coefficient (Wildman–Crippen LogP) is 3.78. The molecule has 0 unspecified atom stereocenters. The number of benzene rings is 2. The number of imide groups is 1. The molecule has 0 saturated carbocycles. The van der Waals surface area contributed by atoms with Crippen LogP contribution in [0.4, 0.5) is 0 Å². The van der Waals surface area contributed by atoms with Gasteiger partial charge in [0.1, 0.15) is 6.04 Å². The molecule has 7 heteroatoms. The fraction of sp³-hybridized carbons (Fsp3) is 0.407. The smallest absolute Gasteiger partial charge is 0.261 e. The van der Waals surface area contributed by atoms with Crippen molar-refractivity contribution in [3.63, 3.8) is 0 Å². The van der Waals surface area contributed by atoms with E-state index < -0.39 is 6.04 Å². The van der Waals surface area contributed by atoms with Gasteiger partial charge in [-0.2, -0.15) is 0 Å². The van der Waals surface area contributed by atoms with E-state index in [9.17, 15) is 19.2 Å². The number of hydrogen-bond acceptors (Lipinski definition) is 4. The molecule has 0 saturated heterocycles. The zero-order valence-corrected chi connectivity index (χ0v) is 20.1. The van der Waals surface area contributed by atoms with Gasteiger partial charge >= 0.3 is 0 Å². The first-order valence-corrected chi connectivity index (χ1v) is 12.0. The lowest BCUT2D eigenvalue weighted by atomic mass is 10.1. The van der Waals surface area contributed by atoms with Crippen molar-refractivity contribution >= 4 is 23.6 Å². The van der Waals surface area contributed by atoms with Crippen molar-refractivity contribution in [1.82, 2.24) is 15.1 Å². The summed E-state index contributed by atoms with van der Waals surface area (Å²) in [5.74, 6) is -0.991. The lowest BCUT2D eigenvalue weighted by molar-refractivity contribution is -0.141. The van der Waals surface area contributed by atoms with Crippen LogP contribution in [0.15, 0.2) is 54.6 Å². The van der Waals surface area contributed by atoms with Crippen LogP contribution in [-0.4, -0.2) is 52.1 Å². The number of rotatable bonds is 11. The molecule has 0 fully saturated rings. The Bertz CT molecular complexity index is 1000. The molecule has 2 atom stereocenters. The first-order chi connectivity index (χ1) is 16.4. The van der Waals surface area contributed by atoms with Crippen LogP contribution in [0.25, 0.3) is 0 Å². The van der Waals surface area contributed by atoms with Gasteiger partial charge in [0.2, 0.25) is 11.8 Å². The van der Waals surface area contributed by atoms with Crippen LogP contribution >= 0.6 is 0 Å². The van der Waals surface area contributed by atoms with E-state index in [-0.39, 0.29) is 42.6 Å². The molecule has 3 rings (SSSR count). The van der Waals surface area contributed by atoms with Gasteiger partial charge in [0.05, 0.1) is 11.1 Å². The van der Waals surface area contributed by atoms with Crippen LogP contribution in [0.5, 0.6) is 0 Å². The number of nitrogens with one attached hydrogen (secondary N) is 1. The van der Waals surface area contributed by atoms with Gasteiger partial charge in [-0.1, -0.05) is 56.3 Å². The topological polar surface area (TPSA) is 86.8 Å². The lowest BCUT2D eigenvalue weighted by Gasteiger charge is -2.31. The Labute approximate surface area is 201 Å². The zero-order chi connectivity index (χ0) is 24.7. The van der Waals surface area contributed by atoms with E-state index in [2.05, 4.69) is 5.32 Å². The van der Waals surface area contributed by atoms with Gasteiger partial charge in [0.25, 0.3) is 11.8 Å². The SMILES string of the molecule is CC[C@@H](C)NC(=O)[C@@H](CC)N(Cc1ccccc1)C(=O)CCCN1C(=O)c2ccccc2C1=O. The van der Waals surface area contributed by atoms with Crippen molar-refractivity contribution in [2.45, 2.75) is 65.1 Å². The van der Waals surface area contributed by atoms with Crippen molar-refractivity contribution in [2.75, 3.05) is 6.54 Å². The van der Waals surface area contributed by atoms with Gasteiger partial charge in [0, 0.05) is 25.6 Å². The summed E-state index contributed by atoms with van der Waals surface area (Å²) in [6, 6.07) is 15.7. The summed E-state index contributed by atoms with van der Waals surface area (Å²) in [6.07, 6.45) is 1.75. The molecule has 2 aromatic rings. The average Bonchev–Trinajstić information content (AvgIpc) is 3.09. The van der Waals surface area contributed by atoms with E-state index >= 15 is 0 Å². The van der Waals surface area contributed by atoms with Crippen LogP contribution in [-0.2, 0) is 16.1 Å². The lowest BCUT2D eigenvalue weighted by Crippen LogP contribution is -2.50. The van der Waals surface area contributed by atoms with Gasteiger partial charge in [-0.25, -0.2) is 0 Å². The molecule has 0 bridgehead atoms. The molecule has 0 radical (unpaired) electrons. The van der Waals surface area contributed by atoms with Crippen LogP contribution in [0.1, 0.15) is 72.7 Å². The maximum Gasteiger partial charge on any atom is 0.261 e. The van der Waals surface area contributed by atoms with Crippen molar-refractivity contribution in [3.05, 3.63) is 71.3 Å². The number of hydrogen-bond donors (Lipinski definition) is 1. The second-order valence-electron chi connectivity index (χ2n) is 8.66. The van der Waals surface area contributed by atoms with Crippen LogP contribution in [0, 0.1) is 0 Å². The van der Waals surface area contributed by atoms with E-state index in [4.69, 9.17) is 0 Å². The quantitative estimate of drug-likeness (QED) is 0.514. The molecule has 34 heavy (non-hydrogen) atoms. The highest BCUT2D eigenvalue weighted by atomic mass is 16.2. The molecular weight excluding hydrogens is 430 g/mol. The summed E-state index contributed by atoms with van der Waals surface area (Å²) >= 11 is 0. The Kier molecular flexibility index (Phi) is 8.57. The normalized spacial score (nSPS) is 14.5. The molecule has 0 aliphatic carbocycles. The predicted molar refractivity (Wildman–Crippen MR) is 130 cm³/mol. The largest absolute Gasteiger partial charge is 0.352 e. The van der Waals surface area contributed by atoms with Gasteiger partial charge in [-0.15, -0.1) is 0 Å². The third-order valence-electron chi connectivity index (χ3n) is 6.23. The Balaban J connectivity index is 1.69. The van der Waals surface area contributed by atoms with E-state index in [0.717, 1.165) is 12.0 Å². The van der Waals surface area contributed by atoms with Crippen molar-refractivity contribution in [1.29, 1.82) is 0 Å². The minimum atomic E-state index is -0.596. The summed E-state index contributed by atoms with van der Waals surface area (Å²) in [7, 11) is 0. The first-order valence-electron chi connectivity index (χ1n) is 12.0. The Morgan fingerprint density at radius 3 is 2.06 bits per heavy atom. The van der Waals surface area contributed by atoms with Gasteiger partial charge in [0.15, 0.2) is 0 Å². The fourth-order valence-corrected chi connectivity index (χ4v) is 4.11. The maximum atomic E-state index is 13.3. The summed E-state index contributed by atoms with van der Waals surface area (Å²) < 4.78 is 0. The molecule has 0 aromatic heterocycles. The van der Waals surface area contributed by atoms with Crippen molar-refractivity contribution < 1.29 is 19.2 Å². The zero-order valence-electron chi connectivity index (χ0n) is 20.1. The van der Waals surface area contributed by atoms with E-state index in [0.29, 0.717) is 30.5 Å². The third-order valence-corrected chi connectivity index (χ3v) is 6.23. The second kappa shape index (κ2) is 11.6. The molecule has 1 N–H and O–H groups in total. The van der Waals surface area contributed by atoms with E-state index in [1.807, 2.05) is 51.1 Å². The van der Waals surface area contributed by atoms with Crippen LogP contribution < -0.4 is 5.32 Å². The second-order valence-corrected chi connectivity index (χ2v) is 8.66. The number of amides is 4.